The second kappa shape index (κ2) is 9.14. The van der Waals surface area contributed by atoms with E-state index in [9.17, 15) is 9.59 Å². The van der Waals surface area contributed by atoms with Crippen LogP contribution in [0.1, 0.15) is 41.9 Å². The van der Waals surface area contributed by atoms with Gasteiger partial charge in [0.05, 0.1) is 19.6 Å². The number of likely N-dealkylation sites (N-methyl/N-ethyl adjacent to an activating group) is 1. The van der Waals surface area contributed by atoms with Gasteiger partial charge in [0.15, 0.2) is 5.78 Å². The van der Waals surface area contributed by atoms with Crippen molar-refractivity contribution in [1.82, 2.24) is 4.90 Å². The van der Waals surface area contributed by atoms with Crippen molar-refractivity contribution in [1.29, 1.82) is 0 Å². The van der Waals surface area contributed by atoms with E-state index < -0.39 is 11.0 Å². The van der Waals surface area contributed by atoms with Crippen molar-refractivity contribution in [3.63, 3.8) is 0 Å². The number of allylic oxidation sites excluding steroid dienone is 1. The van der Waals surface area contributed by atoms with Crippen LogP contribution in [-0.2, 0) is 15.1 Å². The molecule has 194 valence electrons. The third-order valence-corrected chi connectivity index (χ3v) is 8.85. The summed E-state index contributed by atoms with van der Waals surface area (Å²) in [6.07, 6.45) is 4.14. The minimum atomic E-state index is -1.09. The highest BCUT2D eigenvalue weighted by Gasteiger charge is 2.73. The molecule has 3 aromatic rings. The third kappa shape index (κ3) is 3.29. The van der Waals surface area contributed by atoms with Crippen LogP contribution >= 0.6 is 0 Å². The molecule has 3 atom stereocenters. The summed E-state index contributed by atoms with van der Waals surface area (Å²) in [5, 5.41) is 3.13. The fourth-order valence-corrected chi connectivity index (χ4v) is 7.24. The quantitative estimate of drug-likeness (QED) is 0.478. The molecular weight excluding hydrogens is 476 g/mol. The monoisotopic (exact) mass is 508 g/mol. The number of para-hydroxylation sites is 1. The molecule has 0 aromatic heterocycles. The van der Waals surface area contributed by atoms with E-state index in [1.54, 1.807) is 14.2 Å². The van der Waals surface area contributed by atoms with E-state index in [0.717, 1.165) is 45.9 Å². The molecule has 6 nitrogen and oxygen atoms in total. The molecule has 6 rings (SSSR count). The van der Waals surface area contributed by atoms with Crippen LogP contribution < -0.4 is 14.8 Å². The van der Waals surface area contributed by atoms with Gasteiger partial charge in [-0.25, -0.2) is 0 Å². The van der Waals surface area contributed by atoms with E-state index in [-0.39, 0.29) is 17.6 Å². The zero-order chi connectivity index (χ0) is 26.5. The number of ether oxygens (including phenoxy) is 2. The Morgan fingerprint density at radius 3 is 2.26 bits per heavy atom. The number of anilines is 1. The van der Waals surface area contributed by atoms with Crippen LogP contribution in [0.3, 0.4) is 0 Å². The van der Waals surface area contributed by atoms with Crippen LogP contribution in [0.2, 0.25) is 0 Å². The van der Waals surface area contributed by atoms with E-state index in [1.807, 2.05) is 85.9 Å². The Morgan fingerprint density at radius 1 is 0.921 bits per heavy atom. The lowest BCUT2D eigenvalue weighted by atomic mass is 9.53. The fraction of sp³-hybridized carbons (Fsp3) is 0.312. The van der Waals surface area contributed by atoms with Gasteiger partial charge in [0, 0.05) is 23.7 Å². The van der Waals surface area contributed by atoms with Crippen molar-refractivity contribution < 1.29 is 19.1 Å². The summed E-state index contributed by atoms with van der Waals surface area (Å²) >= 11 is 0. The molecule has 3 aromatic carbocycles. The van der Waals surface area contributed by atoms with Crippen molar-refractivity contribution in [3.8, 4) is 11.5 Å². The van der Waals surface area contributed by atoms with E-state index in [0.29, 0.717) is 19.4 Å². The molecule has 0 bridgehead atoms. The summed E-state index contributed by atoms with van der Waals surface area (Å²) in [5.74, 6) is 1.33. The lowest BCUT2D eigenvalue weighted by Crippen LogP contribution is -2.60. The topological polar surface area (TPSA) is 67.9 Å². The molecule has 1 aliphatic carbocycles. The number of hydrogen-bond donors (Lipinski definition) is 1. The highest BCUT2D eigenvalue weighted by molar-refractivity contribution is 6.15. The minimum absolute atomic E-state index is 0.0663. The van der Waals surface area contributed by atoms with Crippen LogP contribution in [0, 0.1) is 5.41 Å². The zero-order valence-electron chi connectivity index (χ0n) is 22.0. The summed E-state index contributed by atoms with van der Waals surface area (Å²) in [5.41, 5.74) is 2.40. The molecule has 0 radical (unpaired) electrons. The molecule has 1 saturated heterocycles. The van der Waals surface area contributed by atoms with Crippen molar-refractivity contribution in [2.45, 2.75) is 30.7 Å². The molecule has 38 heavy (non-hydrogen) atoms. The molecule has 2 fully saturated rings. The number of methoxy groups -OCH3 is 2. The van der Waals surface area contributed by atoms with Crippen LogP contribution in [0.15, 0.2) is 78.4 Å². The molecular formula is C32H32N2O4. The minimum Gasteiger partial charge on any atom is -0.497 e. The Hall–Kier alpha value is -3.90. The number of benzene rings is 3. The predicted molar refractivity (Wildman–Crippen MR) is 147 cm³/mol. The Bertz CT molecular complexity index is 1430. The van der Waals surface area contributed by atoms with Crippen molar-refractivity contribution >= 4 is 23.5 Å². The number of nitrogens with zero attached hydrogens (tertiary/aromatic N) is 1. The number of amides is 1. The first-order chi connectivity index (χ1) is 18.4. The smallest absolute Gasteiger partial charge is 0.250 e. The standard InChI is InChI=1S/C32H32N2O4/c1-34-20-27(22-12-16-25(38-3)17-13-22)31(32(34)26-8-4-5-9-28(26)33-30(32)36)18-6-7-23(29(31)35)19-21-10-14-24(37-2)15-11-21/h4-5,8-17,19,27H,6-7,18,20H2,1-3H3,(H,33,36)/b23-19+/t27-,31+,32+/m0/s1. The zero-order valence-corrected chi connectivity index (χ0v) is 22.0. The van der Waals surface area contributed by atoms with Crippen LogP contribution in [0.5, 0.6) is 11.5 Å². The van der Waals surface area contributed by atoms with Crippen molar-refractivity contribution in [2.24, 2.45) is 5.41 Å². The van der Waals surface area contributed by atoms with Gasteiger partial charge in [-0.15, -0.1) is 0 Å². The first kappa shape index (κ1) is 24.4. The summed E-state index contributed by atoms with van der Waals surface area (Å²) in [4.78, 5) is 31.2. The average molecular weight is 509 g/mol. The van der Waals surface area contributed by atoms with Crippen LogP contribution in [-0.4, -0.2) is 44.4 Å². The number of likely N-dealkylation sites (tertiary alicyclic amines) is 1. The molecule has 2 aliphatic heterocycles. The predicted octanol–water partition coefficient (Wildman–Crippen LogP) is 5.40. The molecule has 2 spiro atoms. The molecule has 3 aliphatic rings. The third-order valence-electron chi connectivity index (χ3n) is 8.85. The largest absolute Gasteiger partial charge is 0.497 e. The first-order valence-corrected chi connectivity index (χ1v) is 13.1. The van der Waals surface area contributed by atoms with Gasteiger partial charge in [0.2, 0.25) is 0 Å². The fourth-order valence-electron chi connectivity index (χ4n) is 7.24. The normalized spacial score (nSPS) is 27.7. The number of rotatable bonds is 4. The van der Waals surface area contributed by atoms with E-state index in [4.69, 9.17) is 9.47 Å². The van der Waals surface area contributed by atoms with Gasteiger partial charge in [0.1, 0.15) is 17.0 Å². The molecule has 1 amide bonds. The maximum atomic E-state index is 14.9. The van der Waals surface area contributed by atoms with Gasteiger partial charge in [-0.1, -0.05) is 42.5 Å². The van der Waals surface area contributed by atoms with Crippen molar-refractivity contribution in [2.75, 3.05) is 33.1 Å². The van der Waals surface area contributed by atoms with Gasteiger partial charge in [-0.2, -0.15) is 0 Å². The van der Waals surface area contributed by atoms with Gasteiger partial charge in [0.25, 0.3) is 5.91 Å². The second-order valence-corrected chi connectivity index (χ2v) is 10.5. The second-order valence-electron chi connectivity index (χ2n) is 10.5. The van der Waals surface area contributed by atoms with Crippen LogP contribution in [0.4, 0.5) is 5.69 Å². The number of nitrogens with one attached hydrogen (secondary N) is 1. The first-order valence-electron chi connectivity index (χ1n) is 13.1. The average Bonchev–Trinajstić information content (AvgIpc) is 3.40. The SMILES string of the molecule is COc1ccc(/C=C2\CCC[C@]3(C2=O)[C@H](c2ccc(OC)cc2)CN(C)[C@]32C(=O)Nc3ccccc32)cc1. The van der Waals surface area contributed by atoms with Crippen molar-refractivity contribution in [3.05, 3.63) is 95.1 Å². The molecule has 6 heteroatoms. The summed E-state index contributed by atoms with van der Waals surface area (Å²) in [6, 6.07) is 23.6. The van der Waals surface area contributed by atoms with E-state index in [2.05, 4.69) is 10.2 Å². The molecule has 1 N–H and O–H groups in total. The van der Waals surface area contributed by atoms with Gasteiger partial charge >= 0.3 is 0 Å². The molecule has 0 unspecified atom stereocenters. The maximum Gasteiger partial charge on any atom is 0.250 e. The summed E-state index contributed by atoms with van der Waals surface area (Å²) in [7, 11) is 5.28. The van der Waals surface area contributed by atoms with Gasteiger partial charge < -0.3 is 14.8 Å². The number of fused-ring (bicyclic) bond motifs is 3. The Morgan fingerprint density at radius 2 is 1.58 bits per heavy atom. The lowest BCUT2D eigenvalue weighted by Gasteiger charge is -2.48. The van der Waals surface area contributed by atoms with E-state index >= 15 is 0 Å². The Balaban J connectivity index is 1.56. The van der Waals surface area contributed by atoms with E-state index in [1.165, 1.54) is 0 Å². The number of ketones is 1. The summed E-state index contributed by atoms with van der Waals surface area (Å²) in [6.45, 7) is 0.593. The Labute approximate surface area is 223 Å². The number of Topliss-reactive ketones (excluding diaryl/α,β-unsaturated/α-hetero) is 1. The number of hydrogen-bond acceptors (Lipinski definition) is 5. The molecule has 2 heterocycles. The highest BCUT2D eigenvalue weighted by Crippen LogP contribution is 2.66. The van der Waals surface area contributed by atoms with Gasteiger partial charge in [-0.3, -0.25) is 14.5 Å². The number of carbonyl (C=O) groups is 2. The molecule has 1 saturated carbocycles. The van der Waals surface area contributed by atoms with Crippen LogP contribution in [0.25, 0.3) is 6.08 Å². The van der Waals surface area contributed by atoms with Gasteiger partial charge in [-0.05, 0) is 79.4 Å². The highest BCUT2D eigenvalue weighted by atomic mass is 16.5. The number of carbonyl (C=O) groups excluding carboxylic acids is 2. The Kier molecular flexibility index (Phi) is 5.88. The lowest BCUT2D eigenvalue weighted by molar-refractivity contribution is -0.144. The summed E-state index contributed by atoms with van der Waals surface area (Å²) < 4.78 is 10.7. The maximum absolute atomic E-state index is 14.9.